The summed E-state index contributed by atoms with van der Waals surface area (Å²) in [5.41, 5.74) is 3.83. The average Bonchev–Trinajstić information content (AvgIpc) is 3.13. The van der Waals surface area contributed by atoms with E-state index in [-0.39, 0.29) is 5.91 Å². The Labute approximate surface area is 131 Å². The Morgan fingerprint density at radius 1 is 1.23 bits per heavy atom. The van der Waals surface area contributed by atoms with Gasteiger partial charge < -0.3 is 10.6 Å². The third kappa shape index (κ3) is 2.44. The van der Waals surface area contributed by atoms with Crippen molar-refractivity contribution in [2.45, 2.75) is 6.42 Å². The van der Waals surface area contributed by atoms with Crippen LogP contribution < -0.4 is 10.6 Å². The number of aromatic nitrogens is 2. The van der Waals surface area contributed by atoms with Gasteiger partial charge in [0, 0.05) is 22.8 Å². The largest absolute Gasteiger partial charge is 0.326 e. The molecule has 0 aliphatic carbocycles. The number of hydrogen-bond donors (Lipinski definition) is 2. The number of carbonyl (C=O) groups is 1. The van der Waals surface area contributed by atoms with E-state index < -0.39 is 0 Å². The lowest BCUT2D eigenvalue weighted by Gasteiger charge is -2.02. The fraction of sp³-hybridized carbons (Fsp3) is 0.0625. The lowest BCUT2D eigenvalue weighted by molar-refractivity contribution is -0.115. The second kappa shape index (κ2) is 5.23. The van der Waals surface area contributed by atoms with Crippen molar-refractivity contribution in [1.82, 2.24) is 9.97 Å². The van der Waals surface area contributed by atoms with Gasteiger partial charge in [0.15, 0.2) is 5.13 Å². The van der Waals surface area contributed by atoms with E-state index in [0.29, 0.717) is 6.42 Å². The van der Waals surface area contributed by atoms with Gasteiger partial charge in [-0.25, -0.2) is 9.97 Å². The topological polar surface area (TPSA) is 66.9 Å². The lowest BCUT2D eigenvalue weighted by Crippen LogP contribution is -2.03. The van der Waals surface area contributed by atoms with Gasteiger partial charge in [-0.15, -0.1) is 11.3 Å². The zero-order valence-electron chi connectivity index (χ0n) is 11.5. The molecule has 0 spiro atoms. The number of benzene rings is 1. The van der Waals surface area contributed by atoms with E-state index >= 15 is 0 Å². The van der Waals surface area contributed by atoms with E-state index in [4.69, 9.17) is 0 Å². The summed E-state index contributed by atoms with van der Waals surface area (Å²) < 4.78 is 0. The third-order valence-electron chi connectivity index (χ3n) is 3.43. The zero-order chi connectivity index (χ0) is 14.9. The molecule has 0 bridgehead atoms. The van der Waals surface area contributed by atoms with Crippen molar-refractivity contribution in [3.8, 4) is 11.3 Å². The highest BCUT2D eigenvalue weighted by Gasteiger charge is 2.18. The average molecular weight is 308 g/mol. The minimum Gasteiger partial charge on any atom is -0.326 e. The molecular formula is C16H12N4OS. The van der Waals surface area contributed by atoms with E-state index in [1.54, 1.807) is 6.20 Å². The number of nitrogens with zero attached hydrogens (tertiary/aromatic N) is 2. The number of pyridine rings is 1. The second-order valence-corrected chi connectivity index (χ2v) is 5.83. The van der Waals surface area contributed by atoms with Crippen LogP contribution in [0, 0.1) is 0 Å². The first-order valence-electron chi connectivity index (χ1n) is 6.85. The van der Waals surface area contributed by atoms with Gasteiger partial charge in [0.25, 0.3) is 0 Å². The Balaban J connectivity index is 1.59. The van der Waals surface area contributed by atoms with E-state index in [2.05, 4.69) is 20.6 Å². The molecule has 0 unspecified atom stereocenters. The highest BCUT2D eigenvalue weighted by atomic mass is 32.1. The van der Waals surface area contributed by atoms with Gasteiger partial charge in [-0.3, -0.25) is 4.79 Å². The van der Waals surface area contributed by atoms with Crippen LogP contribution in [-0.2, 0) is 11.2 Å². The summed E-state index contributed by atoms with van der Waals surface area (Å²) in [6.07, 6.45) is 2.17. The van der Waals surface area contributed by atoms with Crippen molar-refractivity contribution >= 4 is 33.9 Å². The number of rotatable bonds is 3. The molecule has 3 aromatic rings. The zero-order valence-corrected chi connectivity index (χ0v) is 12.4. The molecule has 0 radical (unpaired) electrons. The molecule has 0 saturated carbocycles. The molecule has 5 nitrogen and oxygen atoms in total. The maximum atomic E-state index is 11.4. The smallest absolute Gasteiger partial charge is 0.228 e. The Bertz CT molecular complexity index is 844. The maximum absolute atomic E-state index is 11.4. The molecule has 0 atom stereocenters. The van der Waals surface area contributed by atoms with Crippen molar-refractivity contribution in [1.29, 1.82) is 0 Å². The number of amides is 1. The van der Waals surface area contributed by atoms with E-state index in [1.165, 1.54) is 11.3 Å². The fourth-order valence-corrected chi connectivity index (χ4v) is 3.13. The lowest BCUT2D eigenvalue weighted by atomic mass is 10.1. The summed E-state index contributed by atoms with van der Waals surface area (Å²) in [5.74, 6) is 0.815. The molecule has 6 heteroatoms. The van der Waals surface area contributed by atoms with Crippen LogP contribution in [0.15, 0.2) is 48.0 Å². The monoisotopic (exact) mass is 308 g/mol. The van der Waals surface area contributed by atoms with Crippen LogP contribution >= 0.6 is 11.3 Å². The SMILES string of the molecule is O=C1Cc2cc(-c3csc(Nc4ccccn4)n3)ccc2N1. The summed E-state index contributed by atoms with van der Waals surface area (Å²) >= 11 is 1.53. The quantitative estimate of drug-likeness (QED) is 0.778. The van der Waals surface area contributed by atoms with Crippen molar-refractivity contribution < 1.29 is 4.79 Å². The predicted octanol–water partition coefficient (Wildman–Crippen LogP) is 3.44. The van der Waals surface area contributed by atoms with Gasteiger partial charge in [-0.1, -0.05) is 12.1 Å². The minimum atomic E-state index is 0.0444. The molecule has 0 saturated heterocycles. The number of hydrogen-bond acceptors (Lipinski definition) is 5. The Morgan fingerprint density at radius 3 is 3.05 bits per heavy atom. The van der Waals surface area contributed by atoms with Crippen molar-refractivity contribution in [3.05, 3.63) is 53.5 Å². The van der Waals surface area contributed by atoms with Gasteiger partial charge in [0.05, 0.1) is 12.1 Å². The molecule has 1 aliphatic rings. The second-order valence-electron chi connectivity index (χ2n) is 4.97. The van der Waals surface area contributed by atoms with Crippen LogP contribution in [-0.4, -0.2) is 15.9 Å². The maximum Gasteiger partial charge on any atom is 0.228 e. The minimum absolute atomic E-state index is 0.0444. The molecule has 108 valence electrons. The van der Waals surface area contributed by atoms with Crippen LogP contribution in [0.4, 0.5) is 16.6 Å². The third-order valence-corrected chi connectivity index (χ3v) is 4.19. The summed E-state index contributed by atoms with van der Waals surface area (Å²) in [6.45, 7) is 0. The van der Waals surface area contributed by atoms with Gasteiger partial charge >= 0.3 is 0 Å². The molecule has 0 fully saturated rings. The van der Waals surface area contributed by atoms with Crippen LogP contribution in [0.2, 0.25) is 0 Å². The number of fused-ring (bicyclic) bond motifs is 1. The Morgan fingerprint density at radius 2 is 2.18 bits per heavy atom. The Kier molecular flexibility index (Phi) is 3.08. The molecule has 1 amide bonds. The van der Waals surface area contributed by atoms with Gasteiger partial charge in [0.2, 0.25) is 5.91 Å². The molecule has 1 aliphatic heterocycles. The van der Waals surface area contributed by atoms with E-state index in [9.17, 15) is 4.79 Å². The molecule has 2 N–H and O–H groups in total. The first-order chi connectivity index (χ1) is 10.8. The van der Waals surface area contributed by atoms with Crippen LogP contribution in [0.5, 0.6) is 0 Å². The fourth-order valence-electron chi connectivity index (χ4n) is 2.40. The molecule has 1 aromatic carbocycles. The number of anilines is 3. The summed E-state index contributed by atoms with van der Waals surface area (Å²) in [4.78, 5) is 20.2. The molecule has 22 heavy (non-hydrogen) atoms. The first-order valence-corrected chi connectivity index (χ1v) is 7.73. The summed E-state index contributed by atoms with van der Waals surface area (Å²) in [6, 6.07) is 11.6. The van der Waals surface area contributed by atoms with Gasteiger partial charge in [-0.05, 0) is 29.8 Å². The predicted molar refractivity (Wildman–Crippen MR) is 87.4 cm³/mol. The van der Waals surface area contributed by atoms with Crippen LogP contribution in [0.1, 0.15) is 5.56 Å². The Hall–Kier alpha value is -2.73. The molecule has 3 heterocycles. The molecular weight excluding hydrogens is 296 g/mol. The van der Waals surface area contributed by atoms with Crippen LogP contribution in [0.25, 0.3) is 11.3 Å². The van der Waals surface area contributed by atoms with E-state index in [1.807, 2.05) is 41.8 Å². The molecule has 2 aromatic heterocycles. The van der Waals surface area contributed by atoms with Gasteiger partial charge in [0.1, 0.15) is 5.82 Å². The highest BCUT2D eigenvalue weighted by Crippen LogP contribution is 2.31. The highest BCUT2D eigenvalue weighted by molar-refractivity contribution is 7.14. The normalized spacial score (nSPS) is 12.8. The van der Waals surface area contributed by atoms with Crippen LogP contribution in [0.3, 0.4) is 0 Å². The first kappa shape index (κ1) is 13.0. The van der Waals surface area contributed by atoms with Crippen molar-refractivity contribution in [3.63, 3.8) is 0 Å². The van der Waals surface area contributed by atoms with E-state index in [0.717, 1.165) is 33.5 Å². The molecule has 4 rings (SSSR count). The van der Waals surface area contributed by atoms with Crippen molar-refractivity contribution in [2.75, 3.05) is 10.6 Å². The number of nitrogens with one attached hydrogen (secondary N) is 2. The standard InChI is InChI=1S/C16H12N4OS/c21-15-8-11-7-10(4-5-12(11)18-15)13-9-22-16(19-13)20-14-3-1-2-6-17-14/h1-7,9H,8H2,(H,18,21)(H,17,19,20). The summed E-state index contributed by atoms with van der Waals surface area (Å²) in [5, 5.41) is 8.81. The van der Waals surface area contributed by atoms with Gasteiger partial charge in [-0.2, -0.15) is 0 Å². The summed E-state index contributed by atoms with van der Waals surface area (Å²) in [7, 11) is 0. The number of thiazole rings is 1. The van der Waals surface area contributed by atoms with Crippen molar-refractivity contribution in [2.24, 2.45) is 0 Å². The number of carbonyl (C=O) groups excluding carboxylic acids is 1.